The van der Waals surface area contributed by atoms with Crippen LogP contribution in [0.1, 0.15) is 5.56 Å². The van der Waals surface area contributed by atoms with Crippen molar-refractivity contribution in [3.05, 3.63) is 314 Å². The van der Waals surface area contributed by atoms with Crippen LogP contribution < -0.4 is 0 Å². The second kappa shape index (κ2) is 20.0. The summed E-state index contributed by atoms with van der Waals surface area (Å²) in [5, 5.41) is 11.2. The van der Waals surface area contributed by atoms with Gasteiger partial charge in [0.2, 0.25) is 0 Å². The molecule has 0 saturated heterocycles. The summed E-state index contributed by atoms with van der Waals surface area (Å²) in [6, 6.07) is 95.8. The summed E-state index contributed by atoms with van der Waals surface area (Å²) >= 11 is 0. The van der Waals surface area contributed by atoms with Crippen molar-refractivity contribution in [2.75, 3.05) is 0 Å². The number of alkyl halides is 3. The molecular formula is C85H49F5N6. The van der Waals surface area contributed by atoms with Crippen LogP contribution in [0, 0.1) is 11.6 Å². The second-order valence-electron chi connectivity index (χ2n) is 25.0. The molecule has 454 valence electrons. The van der Waals surface area contributed by atoms with E-state index in [1.165, 1.54) is 6.07 Å². The maximum absolute atomic E-state index is 17.9. The number of nitrogens with zero attached hydrogens (tertiary/aromatic N) is 6. The topological polar surface area (TPSA) is 29.6 Å². The zero-order valence-corrected chi connectivity index (χ0v) is 50.9. The van der Waals surface area contributed by atoms with Gasteiger partial charge in [0.25, 0.3) is 0 Å². The van der Waals surface area contributed by atoms with Gasteiger partial charge in [-0.15, -0.1) is 0 Å². The third kappa shape index (κ3) is 7.67. The third-order valence-corrected chi connectivity index (χ3v) is 19.9. The lowest BCUT2D eigenvalue weighted by Gasteiger charge is -2.24. The molecule has 0 saturated carbocycles. The van der Waals surface area contributed by atoms with E-state index < -0.39 is 23.4 Å². The molecule has 6 heterocycles. The van der Waals surface area contributed by atoms with Gasteiger partial charge in [0.1, 0.15) is 17.2 Å². The molecular weight excluding hydrogens is 1200 g/mol. The molecule has 6 nitrogen and oxygen atoms in total. The molecule has 20 aromatic rings. The van der Waals surface area contributed by atoms with E-state index in [-0.39, 0.29) is 22.5 Å². The molecule has 0 fully saturated rings. The Morgan fingerprint density at radius 2 is 0.469 bits per heavy atom. The third-order valence-electron chi connectivity index (χ3n) is 19.9. The van der Waals surface area contributed by atoms with Crippen LogP contribution >= 0.6 is 0 Å². The minimum atomic E-state index is -5.12. The molecule has 0 unspecified atom stereocenters. The highest BCUT2D eigenvalue weighted by molar-refractivity contribution is 6.17. The van der Waals surface area contributed by atoms with Crippen LogP contribution in [0.15, 0.2) is 297 Å². The van der Waals surface area contributed by atoms with Gasteiger partial charge in [0, 0.05) is 99.0 Å². The van der Waals surface area contributed by atoms with Gasteiger partial charge < -0.3 is 27.4 Å². The Kier molecular flexibility index (Phi) is 11.3. The van der Waals surface area contributed by atoms with E-state index in [0.29, 0.717) is 43.6 Å². The maximum Gasteiger partial charge on any atom is 0.420 e. The van der Waals surface area contributed by atoms with Gasteiger partial charge in [0.15, 0.2) is 0 Å². The van der Waals surface area contributed by atoms with Gasteiger partial charge in [-0.3, -0.25) is 0 Å². The molecule has 0 N–H and O–H groups in total. The van der Waals surface area contributed by atoms with E-state index in [1.807, 2.05) is 146 Å². The normalized spacial score (nSPS) is 12.4. The molecule has 6 aromatic heterocycles. The highest BCUT2D eigenvalue weighted by Gasteiger charge is 2.41. The van der Waals surface area contributed by atoms with E-state index in [4.69, 9.17) is 0 Å². The average Bonchev–Trinajstić information content (AvgIpc) is 1.50. The fourth-order valence-electron chi connectivity index (χ4n) is 16.1. The fraction of sp³-hybridized carbons (Fsp3) is 0.0118. The minimum absolute atomic E-state index is 0.0238. The smallest absolute Gasteiger partial charge is 0.309 e. The van der Waals surface area contributed by atoms with Gasteiger partial charge in [0.05, 0.1) is 77.6 Å². The summed E-state index contributed by atoms with van der Waals surface area (Å²) in [6.45, 7) is 0. The highest BCUT2D eigenvalue weighted by atomic mass is 19.4. The predicted molar refractivity (Wildman–Crippen MR) is 383 cm³/mol. The number of rotatable bonds is 7. The summed E-state index contributed by atoms with van der Waals surface area (Å²) in [6.07, 6.45) is -5.12. The average molecular weight is 1250 g/mol. The first-order valence-corrected chi connectivity index (χ1v) is 31.9. The Morgan fingerprint density at radius 3 is 0.740 bits per heavy atom. The van der Waals surface area contributed by atoms with Gasteiger partial charge in [-0.25, -0.2) is 8.78 Å². The Balaban J connectivity index is 0.914. The quantitative estimate of drug-likeness (QED) is 0.142. The van der Waals surface area contributed by atoms with Crippen molar-refractivity contribution in [1.29, 1.82) is 0 Å². The molecule has 0 amide bonds. The Hall–Kier alpha value is -12.5. The summed E-state index contributed by atoms with van der Waals surface area (Å²) < 4.78 is 98.1. The molecule has 0 aliphatic carbocycles. The number of fused-ring (bicyclic) bond motifs is 18. The van der Waals surface area contributed by atoms with Gasteiger partial charge in [-0.2, -0.15) is 13.2 Å². The Morgan fingerprint density at radius 1 is 0.219 bits per heavy atom. The van der Waals surface area contributed by atoms with Crippen LogP contribution in [0.3, 0.4) is 0 Å². The van der Waals surface area contributed by atoms with Crippen LogP contribution in [0.5, 0.6) is 0 Å². The summed E-state index contributed by atoms with van der Waals surface area (Å²) in [5.74, 6) is -1.86. The molecule has 0 bridgehead atoms. The molecule has 96 heavy (non-hydrogen) atoms. The SMILES string of the molecule is Fc1cc(F)cc(-c2ccc(-n3c4ccc(-n5c6ccccc6c6ccccc65)cc4c4cc(-n5c6ccccc6c6ccccc65)ccc43)c(C(F)(F)F)c2-n2c3ccc(-n4c5ccccc5c5ccccc54)cc3c3cc(-n4c5ccccc5c5ccccc54)ccc32)c1. The lowest BCUT2D eigenvalue weighted by molar-refractivity contribution is -0.137. The van der Waals surface area contributed by atoms with Gasteiger partial charge in [-0.05, 0) is 145 Å². The first kappa shape index (κ1) is 54.1. The molecule has 0 aliphatic heterocycles. The van der Waals surface area contributed by atoms with E-state index >= 15 is 22.0 Å². The van der Waals surface area contributed by atoms with Crippen molar-refractivity contribution < 1.29 is 22.0 Å². The van der Waals surface area contributed by atoms with Crippen molar-refractivity contribution in [3.8, 4) is 45.3 Å². The van der Waals surface area contributed by atoms with Crippen molar-refractivity contribution in [3.63, 3.8) is 0 Å². The number of benzene rings is 14. The molecule has 0 spiro atoms. The molecule has 0 radical (unpaired) electrons. The van der Waals surface area contributed by atoms with Crippen LogP contribution in [-0.4, -0.2) is 27.4 Å². The first-order chi connectivity index (χ1) is 47.1. The zero-order chi connectivity index (χ0) is 63.8. The number of para-hydroxylation sites is 8. The lowest BCUT2D eigenvalue weighted by atomic mass is 9.96. The van der Waals surface area contributed by atoms with Crippen molar-refractivity contribution in [1.82, 2.24) is 27.4 Å². The molecule has 14 aromatic carbocycles. The van der Waals surface area contributed by atoms with Crippen LogP contribution in [-0.2, 0) is 6.18 Å². The van der Waals surface area contributed by atoms with Crippen LogP contribution in [0.2, 0.25) is 0 Å². The number of aromatic nitrogens is 6. The number of hydrogen-bond donors (Lipinski definition) is 0. The second-order valence-corrected chi connectivity index (χ2v) is 25.0. The Bertz CT molecular complexity index is 6170. The molecule has 11 heteroatoms. The largest absolute Gasteiger partial charge is 0.420 e. The zero-order valence-electron chi connectivity index (χ0n) is 50.9. The monoisotopic (exact) mass is 1250 g/mol. The fourth-order valence-corrected chi connectivity index (χ4v) is 16.1. The summed E-state index contributed by atoms with van der Waals surface area (Å²) in [7, 11) is 0. The van der Waals surface area contributed by atoms with Crippen molar-refractivity contribution in [2.45, 2.75) is 6.18 Å². The van der Waals surface area contributed by atoms with Crippen LogP contribution in [0.4, 0.5) is 22.0 Å². The van der Waals surface area contributed by atoms with Crippen molar-refractivity contribution >= 4 is 131 Å². The Labute approximate surface area is 543 Å². The van der Waals surface area contributed by atoms with Gasteiger partial charge >= 0.3 is 6.18 Å². The first-order valence-electron chi connectivity index (χ1n) is 31.9. The maximum atomic E-state index is 17.9. The lowest BCUT2D eigenvalue weighted by Crippen LogP contribution is -2.17. The molecule has 0 atom stereocenters. The highest BCUT2D eigenvalue weighted by Crippen LogP contribution is 2.50. The van der Waals surface area contributed by atoms with E-state index in [0.717, 1.165) is 128 Å². The number of halogens is 5. The number of hydrogen-bond acceptors (Lipinski definition) is 0. The van der Waals surface area contributed by atoms with E-state index in [9.17, 15) is 0 Å². The summed E-state index contributed by atoms with van der Waals surface area (Å²) in [4.78, 5) is 0. The molecule has 0 aliphatic rings. The predicted octanol–water partition coefficient (Wildman–Crippen LogP) is 23.2. The summed E-state index contributed by atoms with van der Waals surface area (Å²) in [5.41, 5.74) is 11.4. The minimum Gasteiger partial charge on any atom is -0.309 e. The standard InChI is InChI=1S/C85H49F5N6/c86-51-43-50(44-52(87)45-51)57-37-42-82(95-78-38-33-53(91-70-25-9-1-17-58(70)59-18-2-10-26-71(59)91)46-66(78)67-47-54(34-39-79(67)95)92-72-27-11-3-19-60(72)61-20-4-12-28-73(61)92)83(85(88,89)90)84(57)96-80-40-35-55(93-74-29-13-5-21-62(74)63-22-6-14-30-75(63)93)48-68(80)69-49-56(36-41-81(69)96)94-76-31-15-7-23-64(76)65-24-8-16-32-77(65)94/h1-49H. The van der Waals surface area contributed by atoms with Gasteiger partial charge in [-0.1, -0.05) is 152 Å². The van der Waals surface area contributed by atoms with Crippen molar-refractivity contribution in [2.24, 2.45) is 0 Å². The van der Waals surface area contributed by atoms with Crippen LogP contribution in [0.25, 0.3) is 176 Å². The van der Waals surface area contributed by atoms with E-state index in [1.54, 1.807) is 15.2 Å². The molecule has 20 rings (SSSR count). The van der Waals surface area contributed by atoms with E-state index in [2.05, 4.69) is 140 Å².